The minimum Gasteiger partial charge on any atom is -0.381 e. The Morgan fingerprint density at radius 3 is 2.82 bits per heavy atom. The van der Waals surface area contributed by atoms with Gasteiger partial charge in [-0.15, -0.1) is 0 Å². The molecule has 174 valence electrons. The number of hydrogen-bond acceptors (Lipinski definition) is 5. The third kappa shape index (κ3) is 3.20. The molecule has 34 heavy (non-hydrogen) atoms. The van der Waals surface area contributed by atoms with Crippen molar-refractivity contribution in [2.24, 2.45) is 10.4 Å². The number of fused-ring (bicyclic) bond motifs is 4. The molecule has 4 aliphatic heterocycles. The van der Waals surface area contributed by atoms with Crippen LogP contribution in [0, 0.1) is 17.4 Å². The van der Waals surface area contributed by atoms with Crippen LogP contribution in [0.2, 0.25) is 0 Å². The van der Waals surface area contributed by atoms with Gasteiger partial charge >= 0.3 is 6.18 Å². The van der Waals surface area contributed by atoms with E-state index in [0.717, 1.165) is 60.0 Å². The molecule has 1 atom stereocenters. The van der Waals surface area contributed by atoms with Crippen molar-refractivity contribution in [2.45, 2.75) is 24.9 Å². The molecule has 2 N–H and O–H groups in total. The number of carbonyl (C=O) groups excluding carboxylic acids is 1. The first kappa shape index (κ1) is 21.2. The number of carbonyl (C=O) groups is 1. The van der Waals surface area contributed by atoms with Gasteiger partial charge in [0.1, 0.15) is 0 Å². The van der Waals surface area contributed by atoms with Gasteiger partial charge in [-0.1, -0.05) is 12.0 Å². The molecule has 1 aromatic rings. The number of rotatable bonds is 1. The SMILES string of the molecule is CN1CC2(CNC(=O)C3=C2CNC2=C3CCc3cnc(C4C#CN=C(C(F)(F)F)C=C4)cc32)C1. The van der Waals surface area contributed by atoms with E-state index < -0.39 is 17.8 Å². The molecule has 1 amide bonds. The van der Waals surface area contributed by atoms with E-state index >= 15 is 0 Å². The predicted octanol–water partition coefficient (Wildman–Crippen LogP) is 2.32. The van der Waals surface area contributed by atoms with Crippen molar-refractivity contribution in [1.29, 1.82) is 0 Å². The first-order valence-electron chi connectivity index (χ1n) is 11.3. The second kappa shape index (κ2) is 7.31. The summed E-state index contributed by atoms with van der Waals surface area (Å²) in [5, 5.41) is 6.68. The fourth-order valence-electron chi connectivity index (χ4n) is 5.77. The van der Waals surface area contributed by atoms with Crippen molar-refractivity contribution in [3.05, 3.63) is 58.0 Å². The number of hydrogen-bond donors (Lipinski definition) is 2. The number of pyridine rings is 1. The van der Waals surface area contributed by atoms with E-state index in [1.807, 2.05) is 6.07 Å². The summed E-state index contributed by atoms with van der Waals surface area (Å²) in [7, 11) is 2.09. The molecule has 5 heterocycles. The Hall–Kier alpha value is -3.38. The topological polar surface area (TPSA) is 69.6 Å². The Morgan fingerprint density at radius 2 is 2.06 bits per heavy atom. The van der Waals surface area contributed by atoms with Gasteiger partial charge in [-0.3, -0.25) is 9.78 Å². The van der Waals surface area contributed by atoms with Crippen LogP contribution in [0.25, 0.3) is 5.70 Å². The minimum absolute atomic E-state index is 0.00980. The van der Waals surface area contributed by atoms with Crippen LogP contribution < -0.4 is 10.6 Å². The zero-order valence-corrected chi connectivity index (χ0v) is 18.5. The predicted molar refractivity (Wildman–Crippen MR) is 121 cm³/mol. The van der Waals surface area contributed by atoms with Gasteiger partial charge in [0.05, 0.1) is 11.6 Å². The number of aromatic nitrogens is 1. The normalized spacial score (nSPS) is 25.1. The Bertz CT molecular complexity index is 1300. The molecule has 1 unspecified atom stereocenters. The Morgan fingerprint density at radius 1 is 1.24 bits per heavy atom. The molecule has 1 aromatic heterocycles. The van der Waals surface area contributed by atoms with E-state index in [0.29, 0.717) is 18.8 Å². The van der Waals surface area contributed by atoms with Gasteiger partial charge < -0.3 is 15.5 Å². The minimum atomic E-state index is -4.55. The molecule has 1 fully saturated rings. The lowest BCUT2D eigenvalue weighted by molar-refractivity contribution is -0.119. The second-order valence-electron chi connectivity index (χ2n) is 9.55. The van der Waals surface area contributed by atoms with E-state index in [1.165, 1.54) is 11.6 Å². The van der Waals surface area contributed by atoms with E-state index in [9.17, 15) is 18.0 Å². The molecule has 6 rings (SSSR count). The molecule has 6 nitrogen and oxygen atoms in total. The van der Waals surface area contributed by atoms with Gasteiger partial charge in [-0.05, 0) is 48.7 Å². The largest absolute Gasteiger partial charge is 0.434 e. The van der Waals surface area contributed by atoms with E-state index in [2.05, 4.69) is 44.5 Å². The Kier molecular flexibility index (Phi) is 4.55. The number of dihydropyridines is 1. The summed E-state index contributed by atoms with van der Waals surface area (Å²) in [6, 6.07) is 4.17. The van der Waals surface area contributed by atoms with Gasteiger partial charge in [-0.2, -0.15) is 18.2 Å². The molecule has 5 aliphatic rings. The first-order valence-corrected chi connectivity index (χ1v) is 11.3. The molecule has 0 bridgehead atoms. The average molecular weight is 465 g/mol. The quantitative estimate of drug-likeness (QED) is 0.625. The zero-order chi connectivity index (χ0) is 23.7. The van der Waals surface area contributed by atoms with Crippen molar-refractivity contribution in [1.82, 2.24) is 20.5 Å². The summed E-state index contributed by atoms with van der Waals surface area (Å²) in [4.78, 5) is 23.1. The highest BCUT2D eigenvalue weighted by molar-refractivity contribution is 6.04. The van der Waals surface area contributed by atoms with Gasteiger partial charge in [0.15, 0.2) is 5.71 Å². The first-order chi connectivity index (χ1) is 16.2. The van der Waals surface area contributed by atoms with Crippen molar-refractivity contribution in [3.63, 3.8) is 0 Å². The summed E-state index contributed by atoms with van der Waals surface area (Å²) in [5.41, 5.74) is 5.46. The summed E-state index contributed by atoms with van der Waals surface area (Å²) >= 11 is 0. The summed E-state index contributed by atoms with van der Waals surface area (Å²) in [6.45, 7) is 3.13. The third-order valence-electron chi connectivity index (χ3n) is 7.32. The lowest BCUT2D eigenvalue weighted by Gasteiger charge is -2.54. The van der Waals surface area contributed by atoms with Crippen molar-refractivity contribution < 1.29 is 18.0 Å². The molecule has 1 spiro atoms. The number of nitrogens with zero attached hydrogens (tertiary/aromatic N) is 3. The number of nitrogens with one attached hydrogen (secondary N) is 2. The number of likely N-dealkylation sites (tertiary alicyclic amines) is 1. The smallest absolute Gasteiger partial charge is 0.381 e. The molecular weight excluding hydrogens is 443 g/mol. The van der Waals surface area contributed by atoms with Crippen molar-refractivity contribution in [2.75, 3.05) is 33.2 Å². The average Bonchev–Trinajstić information content (AvgIpc) is 3.06. The van der Waals surface area contributed by atoms with Crippen molar-refractivity contribution in [3.8, 4) is 12.0 Å². The highest BCUT2D eigenvalue weighted by atomic mass is 19.4. The number of amides is 1. The van der Waals surface area contributed by atoms with Crippen LogP contribution in [0.5, 0.6) is 0 Å². The number of allylic oxidation sites excluding steroid dienone is 2. The monoisotopic (exact) mass is 465 g/mol. The summed E-state index contributed by atoms with van der Waals surface area (Å²) in [6.07, 6.45) is 1.04. The van der Waals surface area contributed by atoms with Crippen LogP contribution >= 0.6 is 0 Å². The Labute approximate surface area is 194 Å². The lowest BCUT2D eigenvalue weighted by atomic mass is 9.66. The van der Waals surface area contributed by atoms with Gasteiger partial charge in [0, 0.05) is 60.7 Å². The van der Waals surface area contributed by atoms with Gasteiger partial charge in [-0.25, -0.2) is 0 Å². The zero-order valence-electron chi connectivity index (χ0n) is 18.5. The van der Waals surface area contributed by atoms with Crippen LogP contribution in [0.3, 0.4) is 0 Å². The van der Waals surface area contributed by atoms with Gasteiger partial charge in [0.2, 0.25) is 0 Å². The molecule has 1 saturated heterocycles. The van der Waals surface area contributed by atoms with Crippen LogP contribution in [0.4, 0.5) is 13.2 Å². The van der Waals surface area contributed by atoms with E-state index in [4.69, 9.17) is 0 Å². The lowest BCUT2D eigenvalue weighted by Crippen LogP contribution is -2.64. The number of alkyl halides is 3. The number of aliphatic imine (C=N–C) groups is 1. The molecule has 9 heteroatoms. The summed E-state index contributed by atoms with van der Waals surface area (Å²) < 4.78 is 39.0. The van der Waals surface area contributed by atoms with Crippen LogP contribution in [0.1, 0.15) is 29.2 Å². The maximum atomic E-state index is 13.0. The van der Waals surface area contributed by atoms with Crippen molar-refractivity contribution >= 4 is 17.3 Å². The van der Waals surface area contributed by atoms with E-state index in [1.54, 1.807) is 6.20 Å². The summed E-state index contributed by atoms with van der Waals surface area (Å²) in [5.74, 6) is 2.14. The molecular formula is C25H22F3N5O. The van der Waals surface area contributed by atoms with Crippen LogP contribution in [0.15, 0.2) is 46.1 Å². The number of aryl methyl sites for hydroxylation is 1. The Balaban J connectivity index is 1.39. The van der Waals surface area contributed by atoms with Crippen LogP contribution in [-0.2, 0) is 11.2 Å². The molecule has 0 saturated carbocycles. The van der Waals surface area contributed by atoms with E-state index in [-0.39, 0.29) is 11.3 Å². The fraction of sp³-hybridized carbons (Fsp3) is 0.400. The maximum Gasteiger partial charge on any atom is 0.434 e. The maximum absolute atomic E-state index is 13.0. The molecule has 1 aliphatic carbocycles. The fourth-order valence-corrected chi connectivity index (χ4v) is 5.77. The highest BCUT2D eigenvalue weighted by Crippen LogP contribution is 2.46. The number of halogens is 3. The standard InChI is InChI=1S/C25H22F3N5O/c1-33-12-24(13-33)11-32-23(34)21-16-4-2-15-9-30-19(8-17(15)22(16)31-10-18(21)24)14-3-5-20(25(26,27)28)29-7-6-14/h3,5,8-9,14,31H,2,4,10-13H2,1H3,(H,32,34). The molecule has 0 radical (unpaired) electrons. The molecule has 0 aromatic carbocycles. The van der Waals surface area contributed by atoms with Gasteiger partial charge in [0.25, 0.3) is 5.91 Å². The van der Waals surface area contributed by atoms with Crippen LogP contribution in [-0.4, -0.2) is 60.9 Å². The highest BCUT2D eigenvalue weighted by Gasteiger charge is 2.50. The third-order valence-corrected chi connectivity index (χ3v) is 7.32. The second-order valence-corrected chi connectivity index (χ2v) is 9.55.